The van der Waals surface area contributed by atoms with Gasteiger partial charge in [0.15, 0.2) is 5.13 Å². The fourth-order valence-corrected chi connectivity index (χ4v) is 3.51. The van der Waals surface area contributed by atoms with E-state index in [4.69, 9.17) is 10.5 Å². The lowest BCUT2D eigenvalue weighted by molar-refractivity contribution is 0.0137. The number of rotatable bonds is 5. The Morgan fingerprint density at radius 2 is 2.24 bits per heavy atom. The van der Waals surface area contributed by atoms with Crippen LogP contribution in [0.25, 0.3) is 0 Å². The minimum absolute atomic E-state index is 0.123. The number of nitrogen functional groups attached to an aromatic ring is 1. The highest BCUT2D eigenvalue weighted by atomic mass is 32.1. The maximum Gasteiger partial charge on any atom is 0.265 e. The summed E-state index contributed by atoms with van der Waals surface area (Å²) in [6.45, 7) is 8.53. The van der Waals surface area contributed by atoms with E-state index in [1.807, 2.05) is 6.92 Å². The summed E-state index contributed by atoms with van der Waals surface area (Å²) in [5.74, 6) is 0.196. The number of hydrogen-bond acceptors (Lipinski definition) is 6. The van der Waals surface area contributed by atoms with Crippen LogP contribution in [0, 0.1) is 0 Å². The summed E-state index contributed by atoms with van der Waals surface area (Å²) in [7, 11) is 0. The van der Waals surface area contributed by atoms with Crippen LogP contribution in [0.5, 0.6) is 0 Å². The van der Waals surface area contributed by atoms with Crippen molar-refractivity contribution in [2.24, 2.45) is 0 Å². The minimum atomic E-state index is -0.123. The summed E-state index contributed by atoms with van der Waals surface area (Å²) in [6.07, 6.45) is 1.87. The summed E-state index contributed by atoms with van der Waals surface area (Å²) >= 11 is 1.36. The molecular formula is C14H24N4O2S. The van der Waals surface area contributed by atoms with Crippen molar-refractivity contribution in [3.63, 3.8) is 0 Å². The second-order valence-electron chi connectivity index (χ2n) is 5.26. The summed E-state index contributed by atoms with van der Waals surface area (Å²) < 4.78 is 5.49. The largest absolute Gasteiger partial charge is 0.382 e. The maximum atomic E-state index is 12.4. The number of aromatic nitrogens is 1. The van der Waals surface area contributed by atoms with Crippen molar-refractivity contribution in [3.05, 3.63) is 4.88 Å². The number of nitrogens with one attached hydrogen (secondary N) is 1. The van der Waals surface area contributed by atoms with E-state index in [0.717, 1.165) is 31.1 Å². The second-order valence-corrected chi connectivity index (χ2v) is 6.24. The highest BCUT2D eigenvalue weighted by Gasteiger charge is 2.24. The molecule has 1 aliphatic rings. The van der Waals surface area contributed by atoms with Gasteiger partial charge in [0.05, 0.1) is 6.10 Å². The third-order valence-electron chi connectivity index (χ3n) is 3.70. The first-order valence-corrected chi connectivity index (χ1v) is 8.30. The monoisotopic (exact) mass is 312 g/mol. The van der Waals surface area contributed by atoms with Crippen molar-refractivity contribution in [1.82, 2.24) is 10.3 Å². The molecule has 1 amide bonds. The predicted molar refractivity (Wildman–Crippen MR) is 86.0 cm³/mol. The van der Waals surface area contributed by atoms with Gasteiger partial charge in [-0.1, -0.05) is 11.3 Å². The van der Waals surface area contributed by atoms with Gasteiger partial charge in [-0.2, -0.15) is 0 Å². The van der Waals surface area contributed by atoms with Gasteiger partial charge in [-0.15, -0.1) is 0 Å². The first-order chi connectivity index (χ1) is 10.0. The Morgan fingerprint density at radius 3 is 2.86 bits per heavy atom. The van der Waals surface area contributed by atoms with Crippen molar-refractivity contribution in [3.8, 4) is 0 Å². The first-order valence-electron chi connectivity index (χ1n) is 7.48. The number of nitrogens with zero attached hydrogens (tertiary/aromatic N) is 2. The van der Waals surface area contributed by atoms with Crippen LogP contribution in [0.15, 0.2) is 0 Å². The molecule has 0 aliphatic carbocycles. The topological polar surface area (TPSA) is 80.5 Å². The fraction of sp³-hybridized carbons (Fsp3) is 0.714. The Labute approximate surface area is 129 Å². The smallest absolute Gasteiger partial charge is 0.265 e. The molecule has 0 spiro atoms. The molecule has 1 fully saturated rings. The molecule has 2 rings (SSSR count). The van der Waals surface area contributed by atoms with E-state index < -0.39 is 0 Å². The van der Waals surface area contributed by atoms with Gasteiger partial charge in [-0.25, -0.2) is 4.98 Å². The molecule has 0 saturated carbocycles. The van der Waals surface area contributed by atoms with E-state index in [1.54, 1.807) is 0 Å². The number of carbonyl (C=O) groups is 1. The Bertz CT molecular complexity index is 487. The van der Waals surface area contributed by atoms with Gasteiger partial charge in [0, 0.05) is 25.7 Å². The van der Waals surface area contributed by atoms with E-state index in [1.165, 1.54) is 11.3 Å². The highest BCUT2D eigenvalue weighted by molar-refractivity contribution is 7.18. The number of carbonyl (C=O) groups excluding carboxylic acids is 1. The van der Waals surface area contributed by atoms with E-state index in [9.17, 15) is 4.79 Å². The Kier molecular flexibility index (Phi) is 5.41. The maximum absolute atomic E-state index is 12.4. The Morgan fingerprint density at radius 1 is 1.52 bits per heavy atom. The third-order valence-corrected chi connectivity index (χ3v) is 4.83. The zero-order valence-electron chi connectivity index (χ0n) is 12.9. The molecular weight excluding hydrogens is 288 g/mol. The van der Waals surface area contributed by atoms with Crippen LogP contribution >= 0.6 is 11.3 Å². The average molecular weight is 312 g/mol. The van der Waals surface area contributed by atoms with Crippen molar-refractivity contribution in [1.29, 1.82) is 0 Å². The van der Waals surface area contributed by atoms with Gasteiger partial charge in [0.2, 0.25) is 0 Å². The summed E-state index contributed by atoms with van der Waals surface area (Å²) in [5.41, 5.74) is 5.91. The molecule has 1 aromatic rings. The summed E-state index contributed by atoms with van der Waals surface area (Å²) in [5, 5.41) is 3.86. The standard InChI is InChI=1S/C14H24N4O2S/c1-4-18(5-2)14-17-12(15)11(21-14)13(19)16-10-6-7-20-9(3)8-10/h9-10H,4-8,15H2,1-3H3,(H,16,19). The summed E-state index contributed by atoms with van der Waals surface area (Å²) in [4.78, 5) is 19.3. The van der Waals surface area contributed by atoms with Crippen LogP contribution in [0.4, 0.5) is 10.9 Å². The molecule has 0 aromatic carbocycles. The molecule has 1 saturated heterocycles. The molecule has 1 aliphatic heterocycles. The lowest BCUT2D eigenvalue weighted by atomic mass is 10.0. The molecule has 118 valence electrons. The van der Waals surface area contributed by atoms with E-state index in [0.29, 0.717) is 17.3 Å². The van der Waals surface area contributed by atoms with Gasteiger partial charge in [-0.05, 0) is 33.6 Å². The van der Waals surface area contributed by atoms with Gasteiger partial charge < -0.3 is 20.7 Å². The zero-order valence-corrected chi connectivity index (χ0v) is 13.7. The Hall–Kier alpha value is -1.34. The third kappa shape index (κ3) is 3.85. The van der Waals surface area contributed by atoms with Crippen LogP contribution in [-0.4, -0.2) is 42.7 Å². The van der Waals surface area contributed by atoms with Gasteiger partial charge in [-0.3, -0.25) is 4.79 Å². The van der Waals surface area contributed by atoms with Crippen LogP contribution in [0.1, 0.15) is 43.3 Å². The predicted octanol–water partition coefficient (Wildman–Crippen LogP) is 1.87. The number of nitrogens with two attached hydrogens (primary N) is 1. The number of anilines is 2. The van der Waals surface area contributed by atoms with Crippen LogP contribution in [0.2, 0.25) is 0 Å². The van der Waals surface area contributed by atoms with Gasteiger partial charge in [0.1, 0.15) is 10.7 Å². The van der Waals surface area contributed by atoms with Crippen molar-refractivity contribution in [2.45, 2.75) is 45.8 Å². The molecule has 0 radical (unpaired) electrons. The van der Waals surface area contributed by atoms with Crippen molar-refractivity contribution < 1.29 is 9.53 Å². The molecule has 3 N–H and O–H groups in total. The van der Waals surface area contributed by atoms with Crippen molar-refractivity contribution >= 4 is 28.2 Å². The minimum Gasteiger partial charge on any atom is -0.382 e. The van der Waals surface area contributed by atoms with E-state index >= 15 is 0 Å². The molecule has 6 nitrogen and oxygen atoms in total. The van der Waals surface area contributed by atoms with Crippen LogP contribution in [-0.2, 0) is 4.74 Å². The fourth-order valence-electron chi connectivity index (χ4n) is 2.49. The van der Waals surface area contributed by atoms with E-state index in [2.05, 4.69) is 29.0 Å². The van der Waals surface area contributed by atoms with E-state index in [-0.39, 0.29) is 18.1 Å². The van der Waals surface area contributed by atoms with Crippen molar-refractivity contribution in [2.75, 3.05) is 30.3 Å². The lowest BCUT2D eigenvalue weighted by Gasteiger charge is -2.27. The molecule has 2 atom stereocenters. The first kappa shape index (κ1) is 16.0. The zero-order chi connectivity index (χ0) is 15.4. The SMILES string of the molecule is CCN(CC)c1nc(N)c(C(=O)NC2CCOC(C)C2)s1. The van der Waals surface area contributed by atoms with Gasteiger partial charge in [0.25, 0.3) is 5.91 Å². The number of hydrogen-bond donors (Lipinski definition) is 2. The lowest BCUT2D eigenvalue weighted by Crippen LogP contribution is -2.41. The summed E-state index contributed by atoms with van der Waals surface area (Å²) in [6, 6.07) is 0.152. The number of amides is 1. The number of thiazole rings is 1. The normalized spacial score (nSPS) is 22.0. The van der Waals surface area contributed by atoms with Crippen LogP contribution < -0.4 is 16.0 Å². The molecule has 7 heteroatoms. The molecule has 1 aromatic heterocycles. The quantitative estimate of drug-likeness (QED) is 0.867. The van der Waals surface area contributed by atoms with Crippen LogP contribution in [0.3, 0.4) is 0 Å². The molecule has 2 heterocycles. The highest BCUT2D eigenvalue weighted by Crippen LogP contribution is 2.28. The second kappa shape index (κ2) is 7.09. The Balaban J connectivity index is 2.05. The number of ether oxygens (including phenoxy) is 1. The molecule has 21 heavy (non-hydrogen) atoms. The van der Waals surface area contributed by atoms with Gasteiger partial charge >= 0.3 is 0 Å². The average Bonchev–Trinajstić information content (AvgIpc) is 2.82. The molecule has 2 unspecified atom stereocenters. The molecule has 0 bridgehead atoms.